The Morgan fingerprint density at radius 3 is 2.33 bits per heavy atom. The Bertz CT molecular complexity index is 297. The number of hydrogen-bond donors (Lipinski definition) is 1. The summed E-state index contributed by atoms with van der Waals surface area (Å²) in [6.45, 7) is 5.34. The summed E-state index contributed by atoms with van der Waals surface area (Å²) >= 11 is 0. The van der Waals surface area contributed by atoms with E-state index in [9.17, 15) is 4.79 Å². The highest BCUT2D eigenvalue weighted by molar-refractivity contribution is 5.85. The number of nitrogens with zero attached hydrogens (tertiary/aromatic N) is 1. The molecule has 4 heteroatoms. The highest BCUT2D eigenvalue weighted by atomic mass is 35.5. The van der Waals surface area contributed by atoms with Crippen molar-refractivity contribution in [1.29, 1.82) is 0 Å². The van der Waals surface area contributed by atoms with Crippen molar-refractivity contribution in [3.63, 3.8) is 0 Å². The van der Waals surface area contributed by atoms with E-state index < -0.39 is 0 Å². The van der Waals surface area contributed by atoms with E-state index in [1.807, 2.05) is 7.05 Å². The Balaban J connectivity index is 0.00000220. The van der Waals surface area contributed by atoms with Gasteiger partial charge >= 0.3 is 0 Å². The van der Waals surface area contributed by atoms with E-state index in [-0.39, 0.29) is 12.4 Å². The zero-order valence-electron chi connectivity index (χ0n) is 13.8. The van der Waals surface area contributed by atoms with E-state index in [0.29, 0.717) is 11.8 Å². The fourth-order valence-corrected chi connectivity index (χ4v) is 3.95. The number of hydrogen-bond acceptors (Lipinski definition) is 2. The summed E-state index contributed by atoms with van der Waals surface area (Å²) in [6, 6.07) is 0. The Hall–Kier alpha value is -0.280. The molecule has 1 N–H and O–H groups in total. The molecule has 3 nitrogen and oxygen atoms in total. The van der Waals surface area contributed by atoms with Gasteiger partial charge in [0.2, 0.25) is 5.91 Å². The van der Waals surface area contributed by atoms with Crippen LogP contribution < -0.4 is 5.32 Å². The molecule has 124 valence electrons. The molecule has 0 aromatic rings. The lowest BCUT2D eigenvalue weighted by Crippen LogP contribution is -2.41. The zero-order valence-corrected chi connectivity index (χ0v) is 14.6. The zero-order chi connectivity index (χ0) is 14.4. The lowest BCUT2D eigenvalue weighted by molar-refractivity contribution is -0.134. The summed E-state index contributed by atoms with van der Waals surface area (Å²) in [4.78, 5) is 14.5. The summed E-state index contributed by atoms with van der Waals surface area (Å²) < 4.78 is 0. The molecule has 1 saturated heterocycles. The quantitative estimate of drug-likeness (QED) is 0.842. The van der Waals surface area contributed by atoms with E-state index in [1.54, 1.807) is 0 Å². The SMILES string of the molecule is CNCC1CCN(C(=O)CC(C)C2CCCCC2)CC1.Cl. The summed E-state index contributed by atoms with van der Waals surface area (Å²) in [6.07, 6.45) is 9.96. The van der Waals surface area contributed by atoms with Crippen molar-refractivity contribution >= 4 is 18.3 Å². The number of nitrogens with one attached hydrogen (secondary N) is 1. The summed E-state index contributed by atoms with van der Waals surface area (Å²) in [5.74, 6) is 2.55. The topological polar surface area (TPSA) is 32.3 Å². The average molecular weight is 317 g/mol. The number of halogens is 1. The molecule has 21 heavy (non-hydrogen) atoms. The third-order valence-corrected chi connectivity index (χ3v) is 5.41. The molecule has 1 aliphatic heterocycles. The standard InChI is InChI=1S/C17H32N2O.ClH/c1-14(16-6-4-3-5-7-16)12-17(20)19-10-8-15(9-11-19)13-18-2;/h14-16,18H,3-13H2,1-2H3;1H. The Morgan fingerprint density at radius 2 is 1.76 bits per heavy atom. The van der Waals surface area contributed by atoms with Gasteiger partial charge in [0.05, 0.1) is 0 Å². The van der Waals surface area contributed by atoms with Crippen molar-refractivity contribution in [2.24, 2.45) is 17.8 Å². The van der Waals surface area contributed by atoms with Crippen LogP contribution in [0.1, 0.15) is 58.3 Å². The molecule has 1 heterocycles. The molecular weight excluding hydrogens is 284 g/mol. The van der Waals surface area contributed by atoms with Gasteiger partial charge in [0.15, 0.2) is 0 Å². The van der Waals surface area contributed by atoms with Gasteiger partial charge in [0.25, 0.3) is 0 Å². The molecule has 0 aromatic heterocycles. The van der Waals surface area contributed by atoms with Crippen molar-refractivity contribution in [2.45, 2.75) is 58.3 Å². The maximum Gasteiger partial charge on any atom is 0.222 e. The van der Waals surface area contributed by atoms with Gasteiger partial charge in [0, 0.05) is 19.5 Å². The first-order valence-corrected chi connectivity index (χ1v) is 8.63. The second-order valence-electron chi connectivity index (χ2n) is 6.96. The first kappa shape index (κ1) is 18.8. The van der Waals surface area contributed by atoms with Crippen LogP contribution in [-0.2, 0) is 4.79 Å². The van der Waals surface area contributed by atoms with Crippen LogP contribution in [0, 0.1) is 17.8 Å². The second kappa shape index (κ2) is 9.68. The monoisotopic (exact) mass is 316 g/mol. The van der Waals surface area contributed by atoms with Crippen molar-refractivity contribution < 1.29 is 4.79 Å². The van der Waals surface area contributed by atoms with Crippen LogP contribution in [0.2, 0.25) is 0 Å². The number of rotatable bonds is 5. The van der Waals surface area contributed by atoms with E-state index in [1.165, 1.54) is 44.9 Å². The van der Waals surface area contributed by atoms with Gasteiger partial charge < -0.3 is 10.2 Å². The van der Waals surface area contributed by atoms with Crippen LogP contribution in [0.3, 0.4) is 0 Å². The molecule has 1 aliphatic carbocycles. The van der Waals surface area contributed by atoms with Crippen molar-refractivity contribution in [3.8, 4) is 0 Å². The fourth-order valence-electron chi connectivity index (χ4n) is 3.95. The molecule has 1 amide bonds. The Kier molecular flexibility index (Phi) is 8.65. The third-order valence-electron chi connectivity index (χ3n) is 5.41. The van der Waals surface area contributed by atoms with Crippen LogP contribution in [-0.4, -0.2) is 37.5 Å². The molecule has 0 aromatic carbocycles. The van der Waals surface area contributed by atoms with Gasteiger partial charge in [0.1, 0.15) is 0 Å². The predicted molar refractivity (Wildman–Crippen MR) is 90.8 cm³/mol. The highest BCUT2D eigenvalue weighted by Crippen LogP contribution is 2.32. The molecule has 2 aliphatic rings. The lowest BCUT2D eigenvalue weighted by Gasteiger charge is -2.34. The number of likely N-dealkylation sites (tertiary alicyclic amines) is 1. The van der Waals surface area contributed by atoms with Gasteiger partial charge in [-0.05, 0) is 44.2 Å². The van der Waals surface area contributed by atoms with Gasteiger partial charge in [-0.25, -0.2) is 0 Å². The number of piperidine rings is 1. The predicted octanol–water partition coefficient (Wildman–Crippen LogP) is 3.47. The van der Waals surface area contributed by atoms with Crippen molar-refractivity contribution in [2.75, 3.05) is 26.7 Å². The number of carbonyl (C=O) groups excluding carboxylic acids is 1. The van der Waals surface area contributed by atoms with Gasteiger partial charge in [-0.15, -0.1) is 12.4 Å². The Morgan fingerprint density at radius 1 is 1.14 bits per heavy atom. The molecule has 0 spiro atoms. The van der Waals surface area contributed by atoms with Crippen molar-refractivity contribution in [3.05, 3.63) is 0 Å². The van der Waals surface area contributed by atoms with Crippen LogP contribution in [0.25, 0.3) is 0 Å². The first-order chi connectivity index (χ1) is 9.70. The van der Waals surface area contributed by atoms with E-state index in [0.717, 1.165) is 37.9 Å². The minimum Gasteiger partial charge on any atom is -0.343 e. The molecule has 2 rings (SSSR count). The Labute approximate surface area is 136 Å². The lowest BCUT2D eigenvalue weighted by atomic mass is 9.79. The molecule has 1 saturated carbocycles. The summed E-state index contributed by atoms with van der Waals surface area (Å²) in [5, 5.41) is 3.25. The molecular formula is C17H33ClN2O. The summed E-state index contributed by atoms with van der Waals surface area (Å²) in [5.41, 5.74) is 0. The molecule has 0 radical (unpaired) electrons. The third kappa shape index (κ3) is 5.78. The van der Waals surface area contributed by atoms with Gasteiger partial charge in [-0.3, -0.25) is 4.79 Å². The molecule has 2 fully saturated rings. The van der Waals surface area contributed by atoms with Gasteiger partial charge in [-0.2, -0.15) is 0 Å². The van der Waals surface area contributed by atoms with Gasteiger partial charge in [-0.1, -0.05) is 39.0 Å². The molecule has 0 bridgehead atoms. The second-order valence-corrected chi connectivity index (χ2v) is 6.96. The van der Waals surface area contributed by atoms with E-state index in [4.69, 9.17) is 0 Å². The summed E-state index contributed by atoms with van der Waals surface area (Å²) in [7, 11) is 2.02. The van der Waals surface area contributed by atoms with Crippen LogP contribution in [0.15, 0.2) is 0 Å². The van der Waals surface area contributed by atoms with Crippen molar-refractivity contribution in [1.82, 2.24) is 10.2 Å². The maximum absolute atomic E-state index is 12.4. The van der Waals surface area contributed by atoms with Crippen LogP contribution in [0.5, 0.6) is 0 Å². The highest BCUT2D eigenvalue weighted by Gasteiger charge is 2.26. The van der Waals surface area contributed by atoms with E-state index in [2.05, 4.69) is 17.1 Å². The van der Waals surface area contributed by atoms with E-state index >= 15 is 0 Å². The smallest absolute Gasteiger partial charge is 0.222 e. The average Bonchev–Trinajstić information content (AvgIpc) is 2.49. The minimum atomic E-state index is 0. The number of amides is 1. The fraction of sp³-hybridized carbons (Fsp3) is 0.941. The van der Waals surface area contributed by atoms with Crippen LogP contribution in [0.4, 0.5) is 0 Å². The molecule has 1 unspecified atom stereocenters. The largest absolute Gasteiger partial charge is 0.343 e. The maximum atomic E-state index is 12.4. The molecule has 1 atom stereocenters. The first-order valence-electron chi connectivity index (χ1n) is 8.63. The van der Waals surface area contributed by atoms with Crippen LogP contribution >= 0.6 is 12.4 Å². The normalized spacial score (nSPS) is 22.7. The number of carbonyl (C=O) groups is 1. The minimum absolute atomic E-state index is 0.